The summed E-state index contributed by atoms with van der Waals surface area (Å²) in [4.78, 5) is 84.7. The number of pyridine rings is 8. The second-order valence-corrected chi connectivity index (χ2v) is 17.9. The zero-order valence-corrected chi connectivity index (χ0v) is 49.3. The summed E-state index contributed by atoms with van der Waals surface area (Å²) in [6, 6.07) is 57.8. The Hall–Kier alpha value is -11.0. The number of carbonyl (C=O) groups is 3. The standard InChI is InChI=1S/C20H14N2O4.C20H12N2O4.2C10H8N2.C6H4N4.2Ru/c2*23-11-26-19-10-18(22-16-8-4-2-6-13(16)19)17-9-14(20(24)25)12-5-1-3-7-15(12)21-17;2*1-3-7-11-9(5-1)10-6-2-4-8-12-10;1-2-8-5(7-1)6-9-3-4-10-6;;/h1-10,23H,11H2,(H,24,25);1-11H,(H,24,25);2*1-8H;1-4H;;/q;;;;-2;2*+1/p-1. The summed E-state index contributed by atoms with van der Waals surface area (Å²) in [7, 11) is 0. The number of carbonyl (C=O) groups excluding carboxylic acids is 2. The molecule has 2 N–H and O–H groups in total. The van der Waals surface area contributed by atoms with E-state index in [-0.39, 0.29) is 50.1 Å². The minimum absolute atomic E-state index is 0. The molecule has 0 aliphatic carbocycles. The first kappa shape index (κ1) is 63.0. The summed E-state index contributed by atoms with van der Waals surface area (Å²) in [6.45, 7) is -0.134. The van der Waals surface area contributed by atoms with Gasteiger partial charge in [0.2, 0.25) is 0 Å². The van der Waals surface area contributed by atoms with Crippen LogP contribution in [0.2, 0.25) is 0 Å². The Morgan fingerprint density at radius 1 is 0.420 bits per heavy atom. The summed E-state index contributed by atoms with van der Waals surface area (Å²) >= 11 is 0. The van der Waals surface area contributed by atoms with Crippen molar-refractivity contribution in [3.8, 4) is 68.7 Å². The minimum atomic E-state index is -1.28. The predicted molar refractivity (Wildman–Crippen MR) is 320 cm³/mol. The van der Waals surface area contributed by atoms with Crippen LogP contribution in [0.1, 0.15) is 20.7 Å². The molecule has 22 heteroatoms. The van der Waals surface area contributed by atoms with Gasteiger partial charge in [-0.3, -0.25) is 24.7 Å². The van der Waals surface area contributed by atoms with Crippen LogP contribution in [-0.4, -0.2) is 85.3 Å². The van der Waals surface area contributed by atoms with Crippen molar-refractivity contribution in [2.45, 2.75) is 0 Å². The molecular weight excluding hydrogens is 1290 g/mol. The Bertz CT molecular complexity index is 4380. The number of para-hydroxylation sites is 4. The third-order valence-corrected chi connectivity index (χ3v) is 12.5. The number of nitrogens with zero attached hydrogens (tertiary/aromatic N) is 12. The van der Waals surface area contributed by atoms with Crippen molar-refractivity contribution in [2.24, 2.45) is 0 Å². The number of aromatic carboxylic acids is 2. The number of carboxylic acids is 2. The third-order valence-electron chi connectivity index (χ3n) is 12.5. The zero-order chi connectivity index (χ0) is 59.5. The monoisotopic (exact) mass is 1340 g/mol. The Kier molecular flexibility index (Phi) is 22.3. The molecule has 0 spiro atoms. The van der Waals surface area contributed by atoms with Gasteiger partial charge in [-0.25, -0.2) is 24.7 Å². The van der Waals surface area contributed by atoms with Crippen LogP contribution in [0, 0.1) is 0 Å². The van der Waals surface area contributed by atoms with E-state index in [0.717, 1.165) is 28.2 Å². The third kappa shape index (κ3) is 15.8. The fourth-order valence-electron chi connectivity index (χ4n) is 8.62. The maximum Gasteiger partial charge on any atom is 1.00 e. The number of hydrogen-bond donors (Lipinski definition) is 2. The van der Waals surface area contributed by atoms with Crippen LogP contribution in [0.15, 0.2) is 244 Å². The van der Waals surface area contributed by atoms with Crippen LogP contribution in [0.25, 0.3) is 101 Å². The van der Waals surface area contributed by atoms with E-state index in [9.17, 15) is 24.6 Å². The van der Waals surface area contributed by atoms with Crippen molar-refractivity contribution in [3.63, 3.8) is 0 Å². The van der Waals surface area contributed by atoms with Crippen LogP contribution in [0.4, 0.5) is 0 Å². The van der Waals surface area contributed by atoms with Gasteiger partial charge in [-0.15, -0.1) is 0 Å². The van der Waals surface area contributed by atoms with Gasteiger partial charge in [0.05, 0.1) is 79.2 Å². The van der Waals surface area contributed by atoms with Gasteiger partial charge < -0.3 is 49.5 Å². The van der Waals surface area contributed by atoms with Gasteiger partial charge in [0.1, 0.15) is 11.5 Å². The quantitative estimate of drug-likeness (QED) is 0.0691. The molecule has 0 saturated heterocycles. The molecular formula is C66H45N12O8Ru2-. The van der Waals surface area contributed by atoms with Crippen LogP contribution in [0.5, 0.6) is 11.5 Å². The molecule has 0 aliphatic heterocycles. The Morgan fingerprint density at radius 2 is 0.761 bits per heavy atom. The van der Waals surface area contributed by atoms with E-state index in [0.29, 0.717) is 90.6 Å². The molecule has 434 valence electrons. The molecule has 0 atom stereocenters. The number of fused-ring (bicyclic) bond motifs is 4. The molecule has 0 amide bonds. The van der Waals surface area contributed by atoms with Gasteiger partial charge in [0.15, 0.2) is 6.79 Å². The molecule has 14 rings (SSSR count). The summed E-state index contributed by atoms with van der Waals surface area (Å²) in [5.41, 5.74) is 7.84. The average molecular weight is 1340 g/mol. The van der Waals surface area contributed by atoms with Crippen LogP contribution < -0.4 is 24.5 Å². The zero-order valence-electron chi connectivity index (χ0n) is 45.8. The van der Waals surface area contributed by atoms with Gasteiger partial charge in [-0.2, -0.15) is 0 Å². The number of aliphatic hydroxyl groups excluding tert-OH is 1. The van der Waals surface area contributed by atoms with Crippen molar-refractivity contribution in [2.75, 3.05) is 6.79 Å². The molecule has 10 heterocycles. The van der Waals surface area contributed by atoms with Crippen LogP contribution in [-0.2, 0) is 43.8 Å². The number of imidazole rings is 2. The predicted octanol–water partition coefficient (Wildman–Crippen LogP) is 10.2. The van der Waals surface area contributed by atoms with E-state index in [1.807, 2.05) is 109 Å². The average Bonchev–Trinajstić information content (AvgIpc) is 2.53. The first-order valence-corrected chi connectivity index (χ1v) is 26.2. The largest absolute Gasteiger partial charge is 1.00 e. The van der Waals surface area contributed by atoms with E-state index >= 15 is 0 Å². The minimum Gasteiger partial charge on any atom is -0.545 e. The maximum absolute atomic E-state index is 11.7. The number of aliphatic hydroxyl groups is 1. The van der Waals surface area contributed by atoms with E-state index in [1.165, 1.54) is 12.1 Å². The molecule has 0 aliphatic rings. The molecule has 0 fully saturated rings. The van der Waals surface area contributed by atoms with Gasteiger partial charge in [-0.05, 0) is 97.1 Å². The molecule has 88 heavy (non-hydrogen) atoms. The Balaban J connectivity index is 0.000000150. The molecule has 4 aromatic carbocycles. The number of carboxylic acid groups (broad SMARTS) is 2. The number of ether oxygens (including phenoxy) is 2. The fourth-order valence-corrected chi connectivity index (χ4v) is 8.62. The first-order valence-electron chi connectivity index (χ1n) is 26.2. The van der Waals surface area contributed by atoms with Crippen molar-refractivity contribution in [1.29, 1.82) is 0 Å². The van der Waals surface area contributed by atoms with E-state index in [2.05, 4.69) is 59.8 Å². The second kappa shape index (κ2) is 31.2. The summed E-state index contributed by atoms with van der Waals surface area (Å²) < 4.78 is 10.4. The fraction of sp³-hybridized carbons (Fsp3) is 0.0152. The second-order valence-electron chi connectivity index (χ2n) is 17.9. The van der Waals surface area contributed by atoms with E-state index in [1.54, 1.807) is 122 Å². The molecule has 20 nitrogen and oxygen atoms in total. The maximum atomic E-state index is 11.7. The molecule has 0 unspecified atom stereocenters. The number of benzene rings is 4. The number of aromatic nitrogens is 12. The summed E-state index contributed by atoms with van der Waals surface area (Å²) in [6.07, 6.45) is 13.5. The van der Waals surface area contributed by atoms with Gasteiger partial charge in [-0.1, -0.05) is 121 Å². The first-order chi connectivity index (χ1) is 42.2. The molecule has 10 aromatic heterocycles. The number of rotatable bonds is 11. The van der Waals surface area contributed by atoms with Crippen molar-refractivity contribution in [3.05, 3.63) is 255 Å². The van der Waals surface area contributed by atoms with Crippen LogP contribution >= 0.6 is 0 Å². The topological polar surface area (TPSA) is 290 Å². The molecule has 14 aromatic rings. The normalized spacial score (nSPS) is 10.2. The van der Waals surface area contributed by atoms with Gasteiger partial charge in [0.25, 0.3) is 6.47 Å². The van der Waals surface area contributed by atoms with E-state index in [4.69, 9.17) is 14.6 Å². The SMILES string of the molecule is O=C([O-])c1cc(-c2cc(OCO)c3ccccc3n2)nc2ccccc12.O=COc1cc(-c2cc(C(=O)O)c3ccccc3n2)nc2ccccc12.[Ru+].[Ru+].c1c[n-]c(-c2ncc[n-]2)n1.c1ccc(-c2ccccn2)nc1.c1ccc(-c2ccccn2)nc1. The van der Waals surface area contributed by atoms with Gasteiger partial charge >= 0.3 is 44.9 Å². The molecule has 2 radical (unpaired) electrons. The summed E-state index contributed by atoms with van der Waals surface area (Å²) in [5, 5.41) is 32.7. The van der Waals surface area contributed by atoms with Crippen LogP contribution in [0.3, 0.4) is 0 Å². The number of hydrogen-bond acceptors (Lipinski definition) is 17. The van der Waals surface area contributed by atoms with E-state index < -0.39 is 18.7 Å². The smallest absolute Gasteiger partial charge is 0.545 e. The summed E-state index contributed by atoms with van der Waals surface area (Å²) in [5.74, 6) is -0.368. The van der Waals surface area contributed by atoms with Gasteiger partial charge in [0, 0.05) is 64.0 Å². The van der Waals surface area contributed by atoms with Crippen molar-refractivity contribution in [1.82, 2.24) is 59.8 Å². The molecule has 0 bridgehead atoms. The van der Waals surface area contributed by atoms with Crippen molar-refractivity contribution >= 4 is 62.0 Å². The molecule has 0 saturated carbocycles. The Labute approximate surface area is 527 Å². The van der Waals surface area contributed by atoms with Crippen molar-refractivity contribution < 1.29 is 78.1 Å². The Morgan fingerprint density at radius 3 is 1.11 bits per heavy atom.